The van der Waals surface area contributed by atoms with Crippen LogP contribution in [0.5, 0.6) is 11.5 Å². The topological polar surface area (TPSA) is 111 Å². The summed E-state index contributed by atoms with van der Waals surface area (Å²) in [5.74, 6) is -0.609. The summed E-state index contributed by atoms with van der Waals surface area (Å²) in [7, 11) is 0.279. The van der Waals surface area contributed by atoms with E-state index in [1.54, 1.807) is 6.07 Å². The number of amides is 1. The number of anilines is 2. The Morgan fingerprint density at radius 1 is 0.917 bits per heavy atom. The lowest BCUT2D eigenvalue weighted by Crippen LogP contribution is -2.35. The van der Waals surface area contributed by atoms with Gasteiger partial charge in [0, 0.05) is 24.2 Å². The molecular weight excluding hydrogens is 484 g/mol. The summed E-state index contributed by atoms with van der Waals surface area (Å²) in [6.45, 7) is 0.386. The molecule has 1 amide bonds. The largest absolute Gasteiger partial charge is 0.493 e. The minimum Gasteiger partial charge on any atom is -0.493 e. The number of para-hydroxylation sites is 1. The number of benzene rings is 3. The van der Waals surface area contributed by atoms with E-state index in [2.05, 4.69) is 5.32 Å². The van der Waals surface area contributed by atoms with Gasteiger partial charge in [0.15, 0.2) is 11.5 Å². The summed E-state index contributed by atoms with van der Waals surface area (Å²) in [5.41, 5.74) is 2.10. The van der Waals surface area contributed by atoms with Crippen LogP contribution in [0.4, 0.5) is 11.4 Å². The normalized spacial score (nSPS) is 12.9. The number of esters is 1. The van der Waals surface area contributed by atoms with E-state index in [0.29, 0.717) is 23.7 Å². The van der Waals surface area contributed by atoms with Crippen LogP contribution in [-0.2, 0) is 21.2 Å². The van der Waals surface area contributed by atoms with E-state index in [9.17, 15) is 18.0 Å². The Balaban J connectivity index is 1.60. The lowest BCUT2D eigenvalue weighted by molar-refractivity contribution is 0.0601. The zero-order valence-electron chi connectivity index (χ0n) is 20.1. The van der Waals surface area contributed by atoms with Crippen molar-refractivity contribution in [1.29, 1.82) is 0 Å². The Morgan fingerprint density at radius 3 is 2.25 bits per heavy atom. The van der Waals surface area contributed by atoms with Crippen LogP contribution >= 0.6 is 0 Å². The lowest BCUT2D eigenvalue weighted by atomic mass is 10.0. The van der Waals surface area contributed by atoms with Crippen LogP contribution < -0.4 is 19.1 Å². The number of carbonyl (C=O) groups excluding carboxylic acids is 2. The molecule has 1 heterocycles. The highest BCUT2D eigenvalue weighted by Gasteiger charge is 2.29. The number of nitrogens with zero attached hydrogens (tertiary/aromatic N) is 1. The van der Waals surface area contributed by atoms with Gasteiger partial charge in [-0.1, -0.05) is 18.2 Å². The quantitative estimate of drug-likeness (QED) is 0.480. The van der Waals surface area contributed by atoms with Gasteiger partial charge in [0.1, 0.15) is 0 Å². The monoisotopic (exact) mass is 510 g/mol. The van der Waals surface area contributed by atoms with Crippen molar-refractivity contribution in [2.75, 3.05) is 37.5 Å². The predicted molar refractivity (Wildman–Crippen MR) is 135 cm³/mol. The zero-order chi connectivity index (χ0) is 25.9. The van der Waals surface area contributed by atoms with Gasteiger partial charge in [-0.25, -0.2) is 13.2 Å². The fraction of sp³-hybridized carbons (Fsp3) is 0.231. The van der Waals surface area contributed by atoms with Crippen LogP contribution in [-0.4, -0.2) is 48.2 Å². The fourth-order valence-corrected chi connectivity index (χ4v) is 5.65. The number of ether oxygens (including phenoxy) is 3. The molecule has 0 spiro atoms. The van der Waals surface area contributed by atoms with E-state index >= 15 is 0 Å². The first-order chi connectivity index (χ1) is 17.3. The van der Waals surface area contributed by atoms with Crippen LogP contribution in [0.2, 0.25) is 0 Å². The number of nitrogens with one attached hydrogen (secondary N) is 1. The molecule has 0 aromatic heterocycles. The maximum absolute atomic E-state index is 13.4. The second-order valence-electron chi connectivity index (χ2n) is 8.03. The van der Waals surface area contributed by atoms with E-state index in [1.807, 2.05) is 18.2 Å². The van der Waals surface area contributed by atoms with Crippen LogP contribution in [0.3, 0.4) is 0 Å². The Hall–Kier alpha value is -4.05. The Bertz CT molecular complexity index is 1400. The minimum atomic E-state index is -3.80. The molecule has 1 aliphatic heterocycles. The molecule has 4 rings (SSSR count). The molecule has 0 saturated heterocycles. The van der Waals surface area contributed by atoms with E-state index in [1.165, 1.54) is 62.0 Å². The number of sulfonamides is 1. The van der Waals surface area contributed by atoms with Crippen molar-refractivity contribution >= 4 is 33.3 Å². The molecule has 10 heteroatoms. The highest BCUT2D eigenvalue weighted by Crippen LogP contribution is 2.34. The predicted octanol–water partition coefficient (Wildman–Crippen LogP) is 3.88. The number of rotatable bonds is 7. The Morgan fingerprint density at radius 2 is 1.58 bits per heavy atom. The van der Waals surface area contributed by atoms with Crippen molar-refractivity contribution in [3.05, 3.63) is 77.4 Å². The average Bonchev–Trinajstić information content (AvgIpc) is 2.91. The first-order valence-corrected chi connectivity index (χ1v) is 12.6. The van der Waals surface area contributed by atoms with Gasteiger partial charge in [-0.15, -0.1) is 0 Å². The van der Waals surface area contributed by atoms with Crippen molar-refractivity contribution in [3.8, 4) is 11.5 Å². The maximum Gasteiger partial charge on any atom is 0.340 e. The molecule has 9 nitrogen and oxygen atoms in total. The van der Waals surface area contributed by atoms with Crippen molar-refractivity contribution in [2.24, 2.45) is 0 Å². The molecule has 0 bridgehead atoms. The summed E-state index contributed by atoms with van der Waals surface area (Å²) in [5, 5.41) is 2.67. The van der Waals surface area contributed by atoms with Crippen LogP contribution in [0.1, 0.15) is 32.7 Å². The molecule has 3 aromatic rings. The number of carbonyl (C=O) groups is 2. The molecular formula is C26H26N2O7S. The molecule has 0 unspecified atom stereocenters. The van der Waals surface area contributed by atoms with E-state index < -0.39 is 21.9 Å². The number of methoxy groups -OCH3 is 3. The summed E-state index contributed by atoms with van der Waals surface area (Å²) < 4.78 is 43.4. The van der Waals surface area contributed by atoms with Gasteiger partial charge in [-0.05, 0) is 48.7 Å². The lowest BCUT2D eigenvalue weighted by Gasteiger charge is -2.30. The van der Waals surface area contributed by atoms with Gasteiger partial charge in [-0.3, -0.25) is 9.10 Å². The average molecular weight is 511 g/mol. The van der Waals surface area contributed by atoms with Gasteiger partial charge in [0.25, 0.3) is 15.9 Å². The van der Waals surface area contributed by atoms with E-state index in [0.717, 1.165) is 18.4 Å². The Kier molecular flexibility index (Phi) is 7.16. The third-order valence-corrected chi connectivity index (χ3v) is 7.78. The van der Waals surface area contributed by atoms with E-state index in [-0.39, 0.29) is 21.7 Å². The summed E-state index contributed by atoms with van der Waals surface area (Å²) >= 11 is 0. The summed E-state index contributed by atoms with van der Waals surface area (Å²) in [4.78, 5) is 25.3. The highest BCUT2D eigenvalue weighted by atomic mass is 32.2. The molecule has 0 fully saturated rings. The first kappa shape index (κ1) is 25.1. The molecule has 188 valence electrons. The third kappa shape index (κ3) is 4.72. The number of fused-ring (bicyclic) bond motifs is 1. The molecule has 0 saturated carbocycles. The van der Waals surface area contributed by atoms with E-state index in [4.69, 9.17) is 14.2 Å². The van der Waals surface area contributed by atoms with Crippen molar-refractivity contribution in [3.63, 3.8) is 0 Å². The molecule has 36 heavy (non-hydrogen) atoms. The fourth-order valence-electron chi connectivity index (χ4n) is 4.11. The third-order valence-electron chi connectivity index (χ3n) is 5.95. The number of hydrogen-bond acceptors (Lipinski definition) is 7. The van der Waals surface area contributed by atoms with Crippen LogP contribution in [0.25, 0.3) is 0 Å². The minimum absolute atomic E-state index is 0.0754. The van der Waals surface area contributed by atoms with Gasteiger partial charge in [0.05, 0.1) is 43.2 Å². The second kappa shape index (κ2) is 10.3. The highest BCUT2D eigenvalue weighted by molar-refractivity contribution is 7.92. The zero-order valence-corrected chi connectivity index (χ0v) is 20.9. The van der Waals surface area contributed by atoms with Crippen molar-refractivity contribution < 1.29 is 32.2 Å². The van der Waals surface area contributed by atoms with Crippen LogP contribution in [0.15, 0.2) is 65.6 Å². The standard InChI is InChI=1S/C26H26N2O7S/c1-33-23-15-20(26(30)35-3)21(16-24(23)34-2)27-25(29)18-10-12-19(13-11-18)36(31,32)28-14-6-8-17-7-4-5-9-22(17)28/h4-5,7,9-13,15-16H,6,8,14H2,1-3H3,(H,27,29). The summed E-state index contributed by atoms with van der Waals surface area (Å²) in [6, 6.07) is 16.0. The smallest absolute Gasteiger partial charge is 0.340 e. The molecule has 0 aliphatic carbocycles. The maximum atomic E-state index is 13.4. The molecule has 0 radical (unpaired) electrons. The molecule has 1 aliphatic rings. The molecule has 3 aromatic carbocycles. The van der Waals surface area contributed by atoms with Crippen molar-refractivity contribution in [1.82, 2.24) is 0 Å². The summed E-state index contributed by atoms with van der Waals surface area (Å²) in [6.07, 6.45) is 1.55. The SMILES string of the molecule is COC(=O)c1cc(OC)c(OC)cc1NC(=O)c1ccc(S(=O)(=O)N2CCCc3ccccc32)cc1. The second-order valence-corrected chi connectivity index (χ2v) is 9.89. The first-order valence-electron chi connectivity index (χ1n) is 11.2. The van der Waals surface area contributed by atoms with Gasteiger partial charge in [-0.2, -0.15) is 0 Å². The van der Waals surface area contributed by atoms with Gasteiger partial charge in [0.2, 0.25) is 0 Å². The molecule has 0 atom stereocenters. The molecule has 1 N–H and O–H groups in total. The van der Waals surface area contributed by atoms with Gasteiger partial charge < -0.3 is 19.5 Å². The Labute approximate surface area is 209 Å². The van der Waals surface area contributed by atoms with Crippen LogP contribution in [0, 0.1) is 0 Å². The number of hydrogen-bond donors (Lipinski definition) is 1. The number of aryl methyl sites for hydroxylation is 1. The van der Waals surface area contributed by atoms with Gasteiger partial charge >= 0.3 is 5.97 Å². The van der Waals surface area contributed by atoms with Crippen molar-refractivity contribution in [2.45, 2.75) is 17.7 Å².